The normalized spacial score (nSPS) is 26.1. The van der Waals surface area contributed by atoms with Crippen molar-refractivity contribution in [3.05, 3.63) is 42.4 Å². The Kier molecular flexibility index (Phi) is 4.17. The molecule has 2 saturated heterocycles. The molecule has 1 spiro atoms. The fourth-order valence-electron chi connectivity index (χ4n) is 3.86. The summed E-state index contributed by atoms with van der Waals surface area (Å²) in [6.45, 7) is 2.07. The number of hydrogen-bond donors (Lipinski definition) is 1. The number of ether oxygens (including phenoxy) is 1. The van der Waals surface area contributed by atoms with E-state index in [-0.39, 0.29) is 11.5 Å². The summed E-state index contributed by atoms with van der Waals surface area (Å²) >= 11 is 0. The molecule has 0 aliphatic carbocycles. The first-order chi connectivity index (χ1) is 12.2. The lowest BCUT2D eigenvalue weighted by molar-refractivity contribution is -0.0721. The Hall–Kier alpha value is -2.41. The minimum Gasteiger partial charge on any atom is -0.373 e. The fraction of sp³-hybridized carbons (Fsp3) is 0.500. The lowest BCUT2D eigenvalue weighted by atomic mass is 9.89. The van der Waals surface area contributed by atoms with Crippen LogP contribution in [0.15, 0.2) is 36.7 Å². The van der Waals surface area contributed by atoms with Crippen molar-refractivity contribution in [3.8, 4) is 0 Å². The van der Waals surface area contributed by atoms with Gasteiger partial charge in [0, 0.05) is 38.6 Å². The van der Waals surface area contributed by atoms with E-state index < -0.39 is 0 Å². The van der Waals surface area contributed by atoms with Gasteiger partial charge in [-0.2, -0.15) is 5.10 Å². The number of carbonyl (C=O) groups is 1. The summed E-state index contributed by atoms with van der Waals surface area (Å²) in [5, 5.41) is 7.60. The number of nitrogens with one attached hydrogen (secondary N) is 1. The third-order valence-electron chi connectivity index (χ3n) is 5.15. The first-order valence-electron chi connectivity index (χ1n) is 8.74. The molecule has 2 fully saturated rings. The zero-order valence-electron chi connectivity index (χ0n) is 14.4. The number of hydrogen-bond acceptors (Lipinski definition) is 5. The highest BCUT2D eigenvalue weighted by atomic mass is 16.5. The van der Waals surface area contributed by atoms with Crippen molar-refractivity contribution in [2.75, 3.05) is 25.0 Å². The summed E-state index contributed by atoms with van der Waals surface area (Å²) in [5.41, 5.74) is 0.370. The van der Waals surface area contributed by atoms with Crippen LogP contribution in [0, 0.1) is 0 Å². The number of rotatable bonds is 3. The van der Waals surface area contributed by atoms with E-state index in [0.717, 1.165) is 31.6 Å². The van der Waals surface area contributed by atoms with Crippen LogP contribution in [-0.2, 0) is 11.8 Å². The van der Waals surface area contributed by atoms with Gasteiger partial charge in [-0.05, 0) is 37.5 Å². The number of amides is 1. The molecule has 1 N–H and O–H groups in total. The molecular weight excluding hydrogens is 318 g/mol. The van der Waals surface area contributed by atoms with E-state index in [0.29, 0.717) is 24.9 Å². The molecule has 0 saturated carbocycles. The third-order valence-corrected chi connectivity index (χ3v) is 5.15. The van der Waals surface area contributed by atoms with Gasteiger partial charge in [0.05, 0.1) is 12.1 Å². The van der Waals surface area contributed by atoms with Crippen molar-refractivity contribution in [2.45, 2.75) is 30.9 Å². The number of likely N-dealkylation sites (tertiary alicyclic amines) is 1. The Morgan fingerprint density at radius 2 is 2.28 bits per heavy atom. The predicted molar refractivity (Wildman–Crippen MR) is 93.3 cm³/mol. The Bertz CT molecular complexity index is 747. The first-order valence-corrected chi connectivity index (χ1v) is 8.74. The summed E-state index contributed by atoms with van der Waals surface area (Å²) in [5.74, 6) is 0.922. The van der Waals surface area contributed by atoms with Gasteiger partial charge in [0.1, 0.15) is 11.5 Å². The van der Waals surface area contributed by atoms with Crippen LogP contribution in [0.4, 0.5) is 5.82 Å². The first kappa shape index (κ1) is 16.1. The summed E-state index contributed by atoms with van der Waals surface area (Å²) in [6, 6.07) is 7.95. The molecule has 7 nitrogen and oxygen atoms in total. The van der Waals surface area contributed by atoms with E-state index in [9.17, 15) is 4.79 Å². The zero-order valence-corrected chi connectivity index (χ0v) is 14.4. The van der Waals surface area contributed by atoms with Gasteiger partial charge < -0.3 is 15.0 Å². The van der Waals surface area contributed by atoms with E-state index >= 15 is 0 Å². The maximum Gasteiger partial charge on any atom is 0.272 e. The fourth-order valence-corrected chi connectivity index (χ4v) is 3.86. The maximum absolute atomic E-state index is 12.7. The molecule has 7 heteroatoms. The van der Waals surface area contributed by atoms with Gasteiger partial charge in [-0.3, -0.25) is 9.48 Å². The van der Waals surface area contributed by atoms with Crippen LogP contribution in [-0.4, -0.2) is 56.9 Å². The molecule has 1 amide bonds. The van der Waals surface area contributed by atoms with Crippen LogP contribution in [0.5, 0.6) is 0 Å². The van der Waals surface area contributed by atoms with Crippen LogP contribution in [0.3, 0.4) is 0 Å². The van der Waals surface area contributed by atoms with Crippen LogP contribution in [0.1, 0.15) is 29.8 Å². The van der Waals surface area contributed by atoms with Crippen molar-refractivity contribution in [2.24, 2.45) is 7.05 Å². The Morgan fingerprint density at radius 3 is 3.04 bits per heavy atom. The minimum absolute atomic E-state index is 0.0280. The number of aromatic nitrogens is 3. The predicted octanol–water partition coefficient (Wildman–Crippen LogP) is 1.69. The van der Waals surface area contributed by atoms with Crippen LogP contribution in [0.2, 0.25) is 0 Å². The molecule has 2 atom stereocenters. The molecule has 25 heavy (non-hydrogen) atoms. The number of aryl methyl sites for hydroxylation is 1. The van der Waals surface area contributed by atoms with Crippen molar-refractivity contribution in [1.82, 2.24) is 19.7 Å². The van der Waals surface area contributed by atoms with E-state index in [4.69, 9.17) is 4.74 Å². The van der Waals surface area contributed by atoms with Crippen molar-refractivity contribution < 1.29 is 9.53 Å². The molecule has 132 valence electrons. The second-order valence-corrected chi connectivity index (χ2v) is 6.90. The minimum atomic E-state index is -0.251. The molecule has 4 rings (SSSR count). The van der Waals surface area contributed by atoms with E-state index in [2.05, 4.69) is 15.4 Å². The molecule has 2 aliphatic heterocycles. The van der Waals surface area contributed by atoms with Crippen molar-refractivity contribution in [1.29, 1.82) is 0 Å². The van der Waals surface area contributed by atoms with Crippen LogP contribution < -0.4 is 5.32 Å². The zero-order chi connectivity index (χ0) is 17.3. The van der Waals surface area contributed by atoms with Gasteiger partial charge in [0.2, 0.25) is 0 Å². The van der Waals surface area contributed by atoms with Gasteiger partial charge >= 0.3 is 0 Å². The van der Waals surface area contributed by atoms with Gasteiger partial charge in [-0.15, -0.1) is 0 Å². The maximum atomic E-state index is 12.7. The lowest BCUT2D eigenvalue weighted by Crippen LogP contribution is -2.47. The molecule has 2 aromatic heterocycles. The molecular formula is C18H23N5O2. The van der Waals surface area contributed by atoms with E-state index in [1.54, 1.807) is 30.2 Å². The summed E-state index contributed by atoms with van der Waals surface area (Å²) in [6.07, 6.45) is 6.16. The summed E-state index contributed by atoms with van der Waals surface area (Å²) in [4.78, 5) is 18.9. The standard InChI is InChI=1S/C18H23N5O2/c1-22-15(5-9-20-22)17(24)23-10-7-18(13-23)12-14(6-11-25-18)21-16-4-2-3-8-19-16/h2-5,8-9,14H,6-7,10-13H2,1H3,(H,19,21)/t14-,18-/m1/s1. The topological polar surface area (TPSA) is 72.3 Å². The molecule has 0 bridgehead atoms. The molecule has 0 radical (unpaired) electrons. The molecule has 2 aliphatic rings. The third kappa shape index (κ3) is 3.24. The SMILES string of the molecule is Cn1nccc1C(=O)N1CC[C@@]2(C[C@H](Nc3ccccn3)CCO2)C1. The number of pyridine rings is 1. The Morgan fingerprint density at radius 1 is 1.36 bits per heavy atom. The highest BCUT2D eigenvalue weighted by Crippen LogP contribution is 2.35. The lowest BCUT2D eigenvalue weighted by Gasteiger charge is -2.38. The van der Waals surface area contributed by atoms with Crippen molar-refractivity contribution >= 4 is 11.7 Å². The number of anilines is 1. The summed E-state index contributed by atoms with van der Waals surface area (Å²) < 4.78 is 7.77. The molecule has 2 aromatic rings. The van der Waals surface area contributed by atoms with Crippen molar-refractivity contribution in [3.63, 3.8) is 0 Å². The molecule has 4 heterocycles. The quantitative estimate of drug-likeness (QED) is 0.920. The highest BCUT2D eigenvalue weighted by molar-refractivity contribution is 5.92. The van der Waals surface area contributed by atoms with Gasteiger partial charge in [0.25, 0.3) is 5.91 Å². The van der Waals surface area contributed by atoms with Gasteiger partial charge in [-0.1, -0.05) is 6.07 Å². The average molecular weight is 341 g/mol. The van der Waals surface area contributed by atoms with Gasteiger partial charge in [-0.25, -0.2) is 4.98 Å². The van der Waals surface area contributed by atoms with E-state index in [1.165, 1.54) is 0 Å². The van der Waals surface area contributed by atoms with Crippen LogP contribution in [0.25, 0.3) is 0 Å². The Balaban J connectivity index is 1.42. The average Bonchev–Trinajstić information content (AvgIpc) is 3.22. The summed E-state index contributed by atoms with van der Waals surface area (Å²) in [7, 11) is 1.79. The monoisotopic (exact) mass is 341 g/mol. The second-order valence-electron chi connectivity index (χ2n) is 6.90. The molecule has 0 unspecified atom stereocenters. The number of nitrogens with zero attached hydrogens (tertiary/aromatic N) is 4. The largest absolute Gasteiger partial charge is 0.373 e. The smallest absolute Gasteiger partial charge is 0.272 e. The number of carbonyl (C=O) groups excluding carboxylic acids is 1. The van der Waals surface area contributed by atoms with E-state index in [1.807, 2.05) is 23.1 Å². The Labute approximate surface area is 147 Å². The molecule has 0 aromatic carbocycles. The second kappa shape index (κ2) is 6.48. The van der Waals surface area contributed by atoms with Gasteiger partial charge in [0.15, 0.2) is 0 Å². The van der Waals surface area contributed by atoms with Crippen LogP contribution >= 0.6 is 0 Å². The highest BCUT2D eigenvalue weighted by Gasteiger charge is 2.45.